The van der Waals surface area contributed by atoms with Crippen LogP contribution < -0.4 is 10.5 Å². The summed E-state index contributed by atoms with van der Waals surface area (Å²) < 4.78 is 5.33. The number of nitrogens with zero attached hydrogens (tertiary/aromatic N) is 1. The highest BCUT2D eigenvalue weighted by atomic mass is 32.1. The van der Waals surface area contributed by atoms with Crippen molar-refractivity contribution in [2.24, 2.45) is 4.99 Å². The van der Waals surface area contributed by atoms with Gasteiger partial charge in [-0.05, 0) is 29.1 Å². The summed E-state index contributed by atoms with van der Waals surface area (Å²) in [5, 5.41) is 2.05. The summed E-state index contributed by atoms with van der Waals surface area (Å²) in [6, 6.07) is 8.09. The summed E-state index contributed by atoms with van der Waals surface area (Å²) in [7, 11) is 1.62. The van der Waals surface area contributed by atoms with E-state index in [9.17, 15) is 0 Å². The van der Waals surface area contributed by atoms with Gasteiger partial charge >= 0.3 is 0 Å². The first-order valence-corrected chi connectivity index (χ1v) is 7.39. The maximum absolute atomic E-state index is 6.07. The minimum absolute atomic E-state index is 0.616. The van der Waals surface area contributed by atoms with Gasteiger partial charge in [-0.2, -0.15) is 12.6 Å². The van der Waals surface area contributed by atoms with Crippen molar-refractivity contribution in [2.45, 2.75) is 0 Å². The average Bonchev–Trinajstić information content (AvgIpc) is 2.95. The summed E-state index contributed by atoms with van der Waals surface area (Å²) in [4.78, 5) is 5.47. The molecule has 0 radical (unpaired) electrons. The van der Waals surface area contributed by atoms with Gasteiger partial charge in [0.05, 0.1) is 12.8 Å². The van der Waals surface area contributed by atoms with Crippen molar-refractivity contribution in [3.05, 3.63) is 35.2 Å². The summed E-state index contributed by atoms with van der Waals surface area (Å²) in [6.07, 6.45) is 1.78. The number of rotatable bonds is 5. The topological polar surface area (TPSA) is 47.6 Å². The molecule has 3 nitrogen and oxygen atoms in total. The van der Waals surface area contributed by atoms with Crippen LogP contribution >= 0.6 is 24.0 Å². The quantitative estimate of drug-likeness (QED) is 0.504. The number of benzene rings is 1. The van der Waals surface area contributed by atoms with E-state index >= 15 is 0 Å². The minimum atomic E-state index is 0.616. The molecular weight excluding hydrogens is 276 g/mol. The predicted molar refractivity (Wildman–Crippen MR) is 87.0 cm³/mol. The molecule has 5 heteroatoms. The number of hydrogen-bond acceptors (Lipinski definition) is 5. The molecule has 100 valence electrons. The van der Waals surface area contributed by atoms with Crippen LogP contribution in [0, 0.1) is 0 Å². The number of methoxy groups -OCH3 is 1. The third-order valence-electron chi connectivity index (χ3n) is 2.66. The Morgan fingerprint density at radius 2 is 2.32 bits per heavy atom. The molecule has 0 bridgehead atoms. The molecule has 2 aromatic rings. The molecule has 0 aliphatic rings. The van der Waals surface area contributed by atoms with E-state index in [2.05, 4.69) is 23.7 Å². The number of thiophene rings is 1. The highest BCUT2D eigenvalue weighted by molar-refractivity contribution is 7.80. The van der Waals surface area contributed by atoms with Crippen molar-refractivity contribution in [1.82, 2.24) is 0 Å². The van der Waals surface area contributed by atoms with Gasteiger partial charge in [0.25, 0.3) is 0 Å². The first-order valence-electron chi connectivity index (χ1n) is 5.88. The monoisotopic (exact) mass is 292 g/mol. The molecule has 19 heavy (non-hydrogen) atoms. The highest BCUT2D eigenvalue weighted by Crippen LogP contribution is 2.33. The summed E-state index contributed by atoms with van der Waals surface area (Å²) in [5.74, 6) is 1.40. The van der Waals surface area contributed by atoms with E-state index in [-0.39, 0.29) is 0 Å². The number of nitrogen functional groups attached to an aromatic ring is 1. The molecule has 0 unspecified atom stereocenters. The van der Waals surface area contributed by atoms with Crippen LogP contribution in [0.4, 0.5) is 5.69 Å². The van der Waals surface area contributed by atoms with Gasteiger partial charge in [-0.25, -0.2) is 0 Å². The second-order valence-corrected chi connectivity index (χ2v) is 5.31. The second-order valence-electron chi connectivity index (χ2n) is 3.92. The first kappa shape index (κ1) is 14.0. The van der Waals surface area contributed by atoms with Crippen LogP contribution in [0.3, 0.4) is 0 Å². The standard InChI is InChI=1S/C14H16N2OS2/c1-17-12-8-10(13-3-2-6-19-13)7-11(14(12)15)9-16-4-5-18/h2-3,6-9,18H,4-5,15H2,1H3. The van der Waals surface area contributed by atoms with Crippen LogP contribution in [0.5, 0.6) is 5.75 Å². The first-order chi connectivity index (χ1) is 9.26. The van der Waals surface area contributed by atoms with Crippen LogP contribution in [-0.4, -0.2) is 25.6 Å². The fourth-order valence-corrected chi connectivity index (χ4v) is 2.56. The SMILES string of the molecule is COc1cc(-c2cccs2)cc(C=NCCS)c1N. The van der Waals surface area contributed by atoms with E-state index in [4.69, 9.17) is 10.5 Å². The molecule has 0 amide bonds. The molecule has 1 aromatic heterocycles. The maximum atomic E-state index is 6.07. The minimum Gasteiger partial charge on any atom is -0.495 e. The fourth-order valence-electron chi connectivity index (χ4n) is 1.73. The van der Waals surface area contributed by atoms with E-state index in [0.29, 0.717) is 18.0 Å². The van der Waals surface area contributed by atoms with Crippen molar-refractivity contribution in [3.63, 3.8) is 0 Å². The lowest BCUT2D eigenvalue weighted by Gasteiger charge is -2.10. The maximum Gasteiger partial charge on any atom is 0.143 e. The van der Waals surface area contributed by atoms with Crippen molar-refractivity contribution < 1.29 is 4.74 Å². The predicted octanol–water partition coefficient (Wildman–Crippen LogP) is 3.35. The molecule has 2 N–H and O–H groups in total. The van der Waals surface area contributed by atoms with Gasteiger partial charge in [0.1, 0.15) is 5.75 Å². The Balaban J connectivity index is 2.44. The molecule has 2 rings (SSSR count). The van der Waals surface area contributed by atoms with Crippen LogP contribution in [0.1, 0.15) is 5.56 Å². The van der Waals surface area contributed by atoms with E-state index < -0.39 is 0 Å². The van der Waals surface area contributed by atoms with E-state index in [1.165, 1.54) is 4.88 Å². The zero-order valence-electron chi connectivity index (χ0n) is 10.7. The molecule has 0 saturated carbocycles. The van der Waals surface area contributed by atoms with E-state index in [1.54, 1.807) is 24.7 Å². The van der Waals surface area contributed by atoms with Crippen molar-refractivity contribution >= 4 is 35.9 Å². The fraction of sp³-hybridized carbons (Fsp3) is 0.214. The Hall–Kier alpha value is -1.46. The highest BCUT2D eigenvalue weighted by Gasteiger charge is 2.09. The van der Waals surface area contributed by atoms with Gasteiger partial charge in [0.15, 0.2) is 0 Å². The third kappa shape index (κ3) is 3.30. The molecule has 0 aliphatic heterocycles. The van der Waals surface area contributed by atoms with Gasteiger partial charge < -0.3 is 10.5 Å². The van der Waals surface area contributed by atoms with Gasteiger partial charge in [-0.3, -0.25) is 4.99 Å². The zero-order chi connectivity index (χ0) is 13.7. The number of nitrogens with two attached hydrogens (primary N) is 1. The Morgan fingerprint density at radius 1 is 1.47 bits per heavy atom. The van der Waals surface area contributed by atoms with Crippen LogP contribution in [0.2, 0.25) is 0 Å². The second kappa shape index (κ2) is 6.63. The smallest absolute Gasteiger partial charge is 0.143 e. The molecule has 1 heterocycles. The molecule has 1 aromatic carbocycles. The number of hydrogen-bond donors (Lipinski definition) is 2. The van der Waals surface area contributed by atoms with Gasteiger partial charge in [0.2, 0.25) is 0 Å². The number of ether oxygens (including phenoxy) is 1. The molecule has 0 atom stereocenters. The molecule has 0 spiro atoms. The Morgan fingerprint density at radius 3 is 2.95 bits per heavy atom. The number of aliphatic imine (C=N–C) groups is 1. The van der Waals surface area contributed by atoms with Gasteiger partial charge in [-0.15, -0.1) is 11.3 Å². The molecular formula is C14H16N2OS2. The molecule has 0 aliphatic carbocycles. The Bertz CT molecular complexity index is 565. The van der Waals surface area contributed by atoms with Crippen LogP contribution in [0.15, 0.2) is 34.6 Å². The van der Waals surface area contributed by atoms with Crippen molar-refractivity contribution in [1.29, 1.82) is 0 Å². The summed E-state index contributed by atoms with van der Waals surface area (Å²) in [5.41, 5.74) is 8.65. The lowest BCUT2D eigenvalue weighted by Crippen LogP contribution is -1.99. The lowest BCUT2D eigenvalue weighted by molar-refractivity contribution is 0.417. The van der Waals surface area contributed by atoms with E-state index in [0.717, 1.165) is 16.9 Å². The number of anilines is 1. The van der Waals surface area contributed by atoms with Gasteiger partial charge in [0, 0.05) is 29.0 Å². The van der Waals surface area contributed by atoms with Gasteiger partial charge in [-0.1, -0.05) is 6.07 Å². The largest absolute Gasteiger partial charge is 0.495 e. The lowest BCUT2D eigenvalue weighted by atomic mass is 10.1. The van der Waals surface area contributed by atoms with Crippen molar-refractivity contribution in [3.8, 4) is 16.2 Å². The summed E-state index contributed by atoms with van der Waals surface area (Å²) in [6.45, 7) is 0.675. The van der Waals surface area contributed by atoms with Crippen LogP contribution in [-0.2, 0) is 0 Å². The Kier molecular flexibility index (Phi) is 4.87. The zero-order valence-corrected chi connectivity index (χ0v) is 12.4. The number of thiol groups is 1. The molecule has 0 fully saturated rings. The third-order valence-corrected chi connectivity index (χ3v) is 3.78. The normalized spacial score (nSPS) is 11.1. The summed E-state index contributed by atoms with van der Waals surface area (Å²) >= 11 is 5.82. The van der Waals surface area contributed by atoms with E-state index in [1.807, 2.05) is 23.6 Å². The Labute approximate surface area is 122 Å². The molecule has 0 saturated heterocycles. The van der Waals surface area contributed by atoms with Crippen molar-refractivity contribution in [2.75, 3.05) is 25.1 Å². The average molecular weight is 292 g/mol. The van der Waals surface area contributed by atoms with Crippen LogP contribution in [0.25, 0.3) is 10.4 Å².